The highest BCUT2D eigenvalue weighted by atomic mass is 35.5. The normalized spacial score (nSPS) is 13.6. The van der Waals surface area contributed by atoms with Crippen LogP contribution < -0.4 is 19.7 Å². The maximum absolute atomic E-state index is 13.4. The van der Waals surface area contributed by atoms with Crippen LogP contribution in [0.15, 0.2) is 41.3 Å². The number of sulfonamides is 1. The van der Waals surface area contributed by atoms with Gasteiger partial charge in [-0.15, -0.1) is 0 Å². The summed E-state index contributed by atoms with van der Waals surface area (Å²) in [5.74, 6) is -2.69. The molecule has 0 saturated carbocycles. The van der Waals surface area contributed by atoms with Crippen LogP contribution in [-0.2, 0) is 14.8 Å². The van der Waals surface area contributed by atoms with Crippen LogP contribution in [-0.4, -0.2) is 82.9 Å². The summed E-state index contributed by atoms with van der Waals surface area (Å²) in [4.78, 5) is 25.9. The van der Waals surface area contributed by atoms with Crippen LogP contribution in [0.2, 0.25) is 5.02 Å². The monoisotopic (exact) mass is 622 g/mol. The lowest BCUT2D eigenvalue weighted by molar-refractivity contribution is -0.192. The third-order valence-corrected chi connectivity index (χ3v) is 7.68. The van der Waals surface area contributed by atoms with Gasteiger partial charge in [0.05, 0.1) is 18.5 Å². The first-order valence-electron chi connectivity index (χ1n) is 12.8. The van der Waals surface area contributed by atoms with Gasteiger partial charge in [-0.1, -0.05) is 24.9 Å². The number of hydrogen-bond donors (Lipinski definition) is 3. The van der Waals surface area contributed by atoms with E-state index in [2.05, 4.69) is 21.9 Å². The number of carboxylic acids is 1. The van der Waals surface area contributed by atoms with E-state index in [1.54, 1.807) is 23.1 Å². The molecule has 15 heteroatoms. The number of carbonyl (C=O) groups excluding carboxylic acids is 1. The number of anilines is 2. The molecule has 1 saturated heterocycles. The lowest BCUT2D eigenvalue weighted by Gasteiger charge is -2.31. The lowest BCUT2D eigenvalue weighted by atomic mass is 10.1. The van der Waals surface area contributed by atoms with E-state index in [0.29, 0.717) is 24.3 Å². The van der Waals surface area contributed by atoms with Crippen molar-refractivity contribution in [1.29, 1.82) is 0 Å². The number of nitrogens with one attached hydrogen (secondary N) is 2. The number of carbonyl (C=O) groups is 2. The molecule has 3 N–H and O–H groups in total. The number of aliphatic carboxylic acids is 1. The zero-order chi connectivity index (χ0) is 30.8. The molecule has 0 aromatic heterocycles. The van der Waals surface area contributed by atoms with E-state index < -0.39 is 22.2 Å². The number of unbranched alkanes of at least 4 members (excludes halogenated alkanes) is 1. The van der Waals surface area contributed by atoms with Crippen LogP contribution in [0, 0.1) is 0 Å². The minimum absolute atomic E-state index is 0.0661. The van der Waals surface area contributed by atoms with Gasteiger partial charge in [-0.2, -0.15) is 13.2 Å². The summed E-state index contributed by atoms with van der Waals surface area (Å²) in [6.45, 7) is 8.28. The van der Waals surface area contributed by atoms with Gasteiger partial charge in [-0.25, -0.2) is 13.2 Å². The van der Waals surface area contributed by atoms with Crippen molar-refractivity contribution in [3.63, 3.8) is 0 Å². The highest BCUT2D eigenvalue weighted by Gasteiger charge is 2.38. The van der Waals surface area contributed by atoms with Crippen molar-refractivity contribution >= 4 is 44.9 Å². The molecule has 2 aromatic rings. The standard InChI is InChI=1S/C24H33ClN4O4S.C2HF3O2/c1-4-6-13-28(5-2)24(30)18-7-9-21(29-14-11-26-12-15-29)20(16-18)27-34(31,32)23-17-19(25)8-10-22(23)33-3;3-2(4,5)1(6)7/h7-10,16-17,26-27H,4-6,11-15H2,1-3H3;(H,6,7). The van der Waals surface area contributed by atoms with Gasteiger partial charge in [-0.3, -0.25) is 9.52 Å². The van der Waals surface area contributed by atoms with Gasteiger partial charge in [0.15, 0.2) is 0 Å². The Bertz CT molecular complexity index is 1300. The summed E-state index contributed by atoms with van der Waals surface area (Å²) >= 11 is 6.08. The van der Waals surface area contributed by atoms with Crippen molar-refractivity contribution in [2.75, 3.05) is 56.0 Å². The molecular weight excluding hydrogens is 589 g/mol. The van der Waals surface area contributed by atoms with E-state index in [1.165, 1.54) is 19.2 Å². The fraction of sp³-hybridized carbons (Fsp3) is 0.462. The van der Waals surface area contributed by atoms with Gasteiger partial charge in [-0.05, 0) is 49.7 Å². The largest absolute Gasteiger partial charge is 0.495 e. The van der Waals surface area contributed by atoms with Gasteiger partial charge in [0.25, 0.3) is 15.9 Å². The number of benzene rings is 2. The summed E-state index contributed by atoms with van der Waals surface area (Å²) in [6.07, 6.45) is -3.19. The first-order chi connectivity index (χ1) is 19.2. The zero-order valence-corrected chi connectivity index (χ0v) is 24.5. The lowest BCUT2D eigenvalue weighted by Crippen LogP contribution is -2.43. The maximum atomic E-state index is 13.4. The fourth-order valence-electron chi connectivity index (χ4n) is 3.93. The van der Waals surface area contributed by atoms with Crippen molar-refractivity contribution in [3.05, 3.63) is 47.0 Å². The summed E-state index contributed by atoms with van der Waals surface area (Å²) in [5, 5.41) is 10.7. The second-order valence-electron chi connectivity index (χ2n) is 8.91. The van der Waals surface area contributed by atoms with Crippen molar-refractivity contribution in [1.82, 2.24) is 10.2 Å². The summed E-state index contributed by atoms with van der Waals surface area (Å²) in [6, 6.07) is 9.65. The first kappa shape index (κ1) is 34.0. The molecule has 0 atom stereocenters. The Hall–Kier alpha value is -3.23. The van der Waals surface area contributed by atoms with E-state index >= 15 is 0 Å². The Morgan fingerprint density at radius 3 is 2.32 bits per heavy atom. The van der Waals surface area contributed by atoms with E-state index in [9.17, 15) is 26.4 Å². The number of amides is 1. The second-order valence-corrected chi connectivity index (χ2v) is 11.0. The maximum Gasteiger partial charge on any atom is 0.490 e. The van der Waals surface area contributed by atoms with E-state index in [1.807, 2.05) is 13.0 Å². The number of alkyl halides is 3. The predicted octanol–water partition coefficient (Wildman–Crippen LogP) is 4.45. The highest BCUT2D eigenvalue weighted by Crippen LogP contribution is 2.33. The summed E-state index contributed by atoms with van der Waals surface area (Å²) < 4.78 is 66.5. The topological polar surface area (TPSA) is 128 Å². The third-order valence-electron chi connectivity index (χ3n) is 6.05. The molecule has 10 nitrogen and oxygen atoms in total. The van der Waals surface area contributed by atoms with Crippen molar-refractivity contribution in [2.45, 2.75) is 37.8 Å². The quantitative estimate of drug-likeness (QED) is 0.355. The van der Waals surface area contributed by atoms with Crippen LogP contribution in [0.5, 0.6) is 5.75 Å². The van der Waals surface area contributed by atoms with Crippen LogP contribution in [0.3, 0.4) is 0 Å². The molecule has 0 unspecified atom stereocenters. The molecule has 2 aromatic carbocycles. The molecule has 1 aliphatic heterocycles. The van der Waals surface area contributed by atoms with Gasteiger partial charge < -0.3 is 25.0 Å². The molecule has 0 radical (unpaired) electrons. The van der Waals surface area contributed by atoms with Gasteiger partial charge in [0, 0.05) is 49.9 Å². The Morgan fingerprint density at radius 1 is 1.15 bits per heavy atom. The zero-order valence-electron chi connectivity index (χ0n) is 22.9. The molecular formula is C26H34ClF3N4O6S. The van der Waals surface area contributed by atoms with Crippen LogP contribution in [0.4, 0.5) is 24.5 Å². The molecule has 3 rings (SSSR count). The van der Waals surface area contributed by atoms with Gasteiger partial charge in [0.1, 0.15) is 10.6 Å². The molecule has 1 aliphatic rings. The molecule has 0 spiro atoms. The number of piperazine rings is 1. The SMILES string of the molecule is CCCCN(CC)C(=O)c1ccc(N2CCNCC2)c(NS(=O)(=O)c2cc(Cl)ccc2OC)c1.O=C(O)C(F)(F)F. The number of ether oxygens (including phenoxy) is 1. The van der Waals surface area contributed by atoms with E-state index in [-0.39, 0.29) is 21.6 Å². The Morgan fingerprint density at radius 2 is 1.78 bits per heavy atom. The molecule has 1 heterocycles. The van der Waals surface area contributed by atoms with Gasteiger partial charge in [0.2, 0.25) is 0 Å². The highest BCUT2D eigenvalue weighted by molar-refractivity contribution is 7.92. The Balaban J connectivity index is 0.000000745. The summed E-state index contributed by atoms with van der Waals surface area (Å²) in [5.41, 5.74) is 1.51. The van der Waals surface area contributed by atoms with Crippen LogP contribution in [0.1, 0.15) is 37.0 Å². The minimum atomic E-state index is -5.08. The van der Waals surface area contributed by atoms with E-state index in [0.717, 1.165) is 44.7 Å². The second kappa shape index (κ2) is 15.1. The first-order valence-corrected chi connectivity index (χ1v) is 14.7. The number of hydrogen-bond acceptors (Lipinski definition) is 7. The average Bonchev–Trinajstić information content (AvgIpc) is 2.93. The number of methoxy groups -OCH3 is 1. The summed E-state index contributed by atoms with van der Waals surface area (Å²) in [7, 11) is -2.64. The molecule has 1 fully saturated rings. The van der Waals surface area contributed by atoms with E-state index in [4.69, 9.17) is 26.2 Å². The van der Waals surface area contributed by atoms with Gasteiger partial charge >= 0.3 is 12.1 Å². The number of nitrogens with zero attached hydrogens (tertiary/aromatic N) is 2. The fourth-order valence-corrected chi connectivity index (χ4v) is 5.43. The van der Waals surface area contributed by atoms with Crippen LogP contribution >= 0.6 is 11.6 Å². The number of halogens is 4. The Labute approximate surface area is 242 Å². The average molecular weight is 623 g/mol. The Kier molecular flexibility index (Phi) is 12.5. The molecule has 228 valence electrons. The number of rotatable bonds is 10. The minimum Gasteiger partial charge on any atom is -0.495 e. The van der Waals surface area contributed by atoms with Crippen molar-refractivity contribution in [2.24, 2.45) is 0 Å². The third kappa shape index (κ3) is 9.68. The smallest absolute Gasteiger partial charge is 0.490 e. The molecule has 0 bridgehead atoms. The molecule has 41 heavy (non-hydrogen) atoms. The molecule has 0 aliphatic carbocycles. The number of carboxylic acid groups (broad SMARTS) is 1. The predicted molar refractivity (Wildman–Crippen MR) is 151 cm³/mol. The molecule has 1 amide bonds. The van der Waals surface area contributed by atoms with Crippen LogP contribution in [0.25, 0.3) is 0 Å². The van der Waals surface area contributed by atoms with Crippen molar-refractivity contribution in [3.8, 4) is 5.75 Å². The van der Waals surface area contributed by atoms with Crippen molar-refractivity contribution < 1.29 is 41.0 Å².